The van der Waals surface area contributed by atoms with Crippen LogP contribution in [0.5, 0.6) is 0 Å². The number of benzene rings is 1. The summed E-state index contributed by atoms with van der Waals surface area (Å²) in [4.78, 5) is 1.02. The van der Waals surface area contributed by atoms with Gasteiger partial charge in [-0.1, -0.05) is 13.0 Å². The van der Waals surface area contributed by atoms with Crippen molar-refractivity contribution in [1.82, 2.24) is 5.32 Å². The number of halogens is 1. The third kappa shape index (κ3) is 6.37. The average molecular weight is 311 g/mol. The molecule has 4 heteroatoms. The molecule has 1 aromatic rings. The highest BCUT2D eigenvalue weighted by molar-refractivity contribution is 7.99. The van der Waals surface area contributed by atoms with Crippen molar-refractivity contribution >= 4 is 11.8 Å². The maximum absolute atomic E-state index is 13.2. The van der Waals surface area contributed by atoms with E-state index in [2.05, 4.69) is 12.2 Å². The first-order valence-electron chi connectivity index (χ1n) is 7.97. The molecule has 1 N–H and O–H groups in total. The van der Waals surface area contributed by atoms with Gasteiger partial charge in [-0.3, -0.25) is 0 Å². The van der Waals surface area contributed by atoms with Crippen molar-refractivity contribution in [2.75, 3.05) is 25.5 Å². The zero-order valence-electron chi connectivity index (χ0n) is 12.8. The summed E-state index contributed by atoms with van der Waals surface area (Å²) in [5.74, 6) is 1.62. The summed E-state index contributed by atoms with van der Waals surface area (Å²) < 4.78 is 18.7. The summed E-state index contributed by atoms with van der Waals surface area (Å²) in [5.41, 5.74) is 0. The Morgan fingerprint density at radius 3 is 2.90 bits per heavy atom. The fourth-order valence-electron chi connectivity index (χ4n) is 2.70. The molecule has 0 aliphatic carbocycles. The highest BCUT2D eigenvalue weighted by atomic mass is 32.2. The molecule has 1 fully saturated rings. The van der Waals surface area contributed by atoms with Gasteiger partial charge in [0.1, 0.15) is 5.82 Å². The average Bonchev–Trinajstić information content (AvgIpc) is 2.51. The molecule has 118 valence electrons. The SMILES string of the molecule is CCCNC(CSc1cccc(F)c1)CC1CCOCC1. The number of rotatable bonds is 8. The van der Waals surface area contributed by atoms with Crippen molar-refractivity contribution in [3.63, 3.8) is 0 Å². The maximum atomic E-state index is 13.2. The summed E-state index contributed by atoms with van der Waals surface area (Å²) in [6.07, 6.45) is 4.70. The Bertz CT molecular complexity index is 410. The van der Waals surface area contributed by atoms with Crippen LogP contribution < -0.4 is 5.32 Å². The van der Waals surface area contributed by atoms with Crippen molar-refractivity contribution in [3.05, 3.63) is 30.1 Å². The van der Waals surface area contributed by atoms with E-state index in [0.717, 1.165) is 42.7 Å². The number of thioether (sulfide) groups is 1. The molecule has 1 unspecified atom stereocenters. The van der Waals surface area contributed by atoms with Crippen LogP contribution in [0, 0.1) is 11.7 Å². The molecule has 0 bridgehead atoms. The maximum Gasteiger partial charge on any atom is 0.124 e. The quantitative estimate of drug-likeness (QED) is 0.730. The topological polar surface area (TPSA) is 21.3 Å². The predicted molar refractivity (Wildman–Crippen MR) is 87.4 cm³/mol. The predicted octanol–water partition coefficient (Wildman–Crippen LogP) is 4.10. The Morgan fingerprint density at radius 2 is 2.19 bits per heavy atom. The number of hydrogen-bond acceptors (Lipinski definition) is 3. The van der Waals surface area contributed by atoms with E-state index in [9.17, 15) is 4.39 Å². The molecule has 1 saturated heterocycles. The van der Waals surface area contributed by atoms with Crippen LogP contribution in [0.3, 0.4) is 0 Å². The van der Waals surface area contributed by atoms with E-state index < -0.39 is 0 Å². The summed E-state index contributed by atoms with van der Waals surface area (Å²) in [6, 6.07) is 7.39. The van der Waals surface area contributed by atoms with E-state index in [1.165, 1.54) is 25.3 Å². The van der Waals surface area contributed by atoms with E-state index in [1.807, 2.05) is 6.07 Å². The highest BCUT2D eigenvalue weighted by Crippen LogP contribution is 2.25. The van der Waals surface area contributed by atoms with Crippen molar-refractivity contribution in [1.29, 1.82) is 0 Å². The summed E-state index contributed by atoms with van der Waals surface area (Å²) >= 11 is 1.75. The zero-order valence-corrected chi connectivity index (χ0v) is 13.6. The molecule has 1 aliphatic rings. The smallest absolute Gasteiger partial charge is 0.124 e. The molecule has 2 nitrogen and oxygen atoms in total. The van der Waals surface area contributed by atoms with E-state index >= 15 is 0 Å². The summed E-state index contributed by atoms with van der Waals surface area (Å²) in [7, 11) is 0. The van der Waals surface area contributed by atoms with Gasteiger partial charge in [0.25, 0.3) is 0 Å². The van der Waals surface area contributed by atoms with Crippen molar-refractivity contribution in [2.45, 2.75) is 43.5 Å². The molecular formula is C17H26FNOS. The molecule has 21 heavy (non-hydrogen) atoms. The molecule has 1 aromatic carbocycles. The molecule has 0 spiro atoms. The highest BCUT2D eigenvalue weighted by Gasteiger charge is 2.19. The lowest BCUT2D eigenvalue weighted by Crippen LogP contribution is -2.35. The Morgan fingerprint density at radius 1 is 1.38 bits per heavy atom. The van der Waals surface area contributed by atoms with Gasteiger partial charge in [0.15, 0.2) is 0 Å². The molecule has 1 aliphatic heterocycles. The first-order chi connectivity index (χ1) is 10.3. The molecule has 0 saturated carbocycles. The normalized spacial score (nSPS) is 17.8. The van der Waals surface area contributed by atoms with Gasteiger partial charge < -0.3 is 10.1 Å². The fraction of sp³-hybridized carbons (Fsp3) is 0.647. The van der Waals surface area contributed by atoms with Crippen molar-refractivity contribution in [3.8, 4) is 0 Å². The van der Waals surface area contributed by atoms with Crippen LogP contribution >= 0.6 is 11.8 Å². The Balaban J connectivity index is 1.83. The first kappa shape index (κ1) is 16.8. The van der Waals surface area contributed by atoms with E-state index in [0.29, 0.717) is 6.04 Å². The number of nitrogens with one attached hydrogen (secondary N) is 1. The minimum atomic E-state index is -0.150. The molecule has 1 atom stereocenters. The second-order valence-electron chi connectivity index (χ2n) is 5.71. The van der Waals surface area contributed by atoms with Gasteiger partial charge in [-0.25, -0.2) is 4.39 Å². The standard InChI is InChI=1S/C17H26FNOS/c1-2-8-19-16(11-14-6-9-20-10-7-14)13-21-17-5-3-4-15(18)12-17/h3-5,12,14,16,19H,2,6-11,13H2,1H3. The second kappa shape index (κ2) is 9.44. The summed E-state index contributed by atoms with van der Waals surface area (Å²) in [6.45, 7) is 5.06. The summed E-state index contributed by atoms with van der Waals surface area (Å²) in [5, 5.41) is 3.65. The Labute approximate surface area is 131 Å². The van der Waals surface area contributed by atoms with Gasteiger partial charge in [-0.05, 0) is 56.3 Å². The first-order valence-corrected chi connectivity index (χ1v) is 8.96. The Hall–Kier alpha value is -0.580. The van der Waals surface area contributed by atoms with Gasteiger partial charge in [-0.2, -0.15) is 0 Å². The molecular weight excluding hydrogens is 285 g/mol. The lowest BCUT2D eigenvalue weighted by atomic mass is 9.93. The van der Waals surface area contributed by atoms with Crippen LogP contribution in [-0.2, 0) is 4.74 Å². The van der Waals surface area contributed by atoms with Crippen LogP contribution in [0.2, 0.25) is 0 Å². The van der Waals surface area contributed by atoms with Crippen LogP contribution in [0.25, 0.3) is 0 Å². The van der Waals surface area contributed by atoms with Crippen molar-refractivity contribution < 1.29 is 9.13 Å². The Kier molecular flexibility index (Phi) is 7.54. The lowest BCUT2D eigenvalue weighted by Gasteiger charge is -2.27. The minimum Gasteiger partial charge on any atom is -0.381 e. The van der Waals surface area contributed by atoms with Gasteiger partial charge in [0.2, 0.25) is 0 Å². The third-order valence-electron chi connectivity index (χ3n) is 3.89. The van der Waals surface area contributed by atoms with Crippen LogP contribution in [0.15, 0.2) is 29.2 Å². The largest absolute Gasteiger partial charge is 0.381 e. The van der Waals surface area contributed by atoms with Gasteiger partial charge in [-0.15, -0.1) is 11.8 Å². The van der Waals surface area contributed by atoms with Gasteiger partial charge >= 0.3 is 0 Å². The number of hydrogen-bond donors (Lipinski definition) is 1. The van der Waals surface area contributed by atoms with Crippen molar-refractivity contribution in [2.24, 2.45) is 5.92 Å². The fourth-order valence-corrected chi connectivity index (χ4v) is 3.72. The van der Waals surface area contributed by atoms with E-state index in [-0.39, 0.29) is 5.82 Å². The number of ether oxygens (including phenoxy) is 1. The van der Waals surface area contributed by atoms with Gasteiger partial charge in [0, 0.05) is 29.9 Å². The zero-order chi connectivity index (χ0) is 14.9. The third-order valence-corrected chi connectivity index (χ3v) is 5.05. The van der Waals surface area contributed by atoms with Crippen LogP contribution in [0.4, 0.5) is 4.39 Å². The monoisotopic (exact) mass is 311 g/mol. The molecule has 2 rings (SSSR count). The molecule has 0 amide bonds. The van der Waals surface area contributed by atoms with E-state index in [4.69, 9.17) is 4.74 Å². The molecule has 0 radical (unpaired) electrons. The van der Waals surface area contributed by atoms with E-state index in [1.54, 1.807) is 23.9 Å². The second-order valence-corrected chi connectivity index (χ2v) is 6.80. The molecule has 0 aromatic heterocycles. The molecule has 1 heterocycles. The van der Waals surface area contributed by atoms with Crippen LogP contribution in [0.1, 0.15) is 32.6 Å². The lowest BCUT2D eigenvalue weighted by molar-refractivity contribution is 0.0613. The van der Waals surface area contributed by atoms with Gasteiger partial charge in [0.05, 0.1) is 0 Å². The minimum absolute atomic E-state index is 0.150. The van der Waals surface area contributed by atoms with Crippen LogP contribution in [-0.4, -0.2) is 31.6 Å².